The number of hydrogen-bond acceptors (Lipinski definition) is 4. The van der Waals surface area contributed by atoms with Crippen LogP contribution >= 0.6 is 0 Å². The number of nitrogens with one attached hydrogen (secondary N) is 1. The van der Waals surface area contributed by atoms with Crippen LogP contribution in [0, 0.1) is 5.92 Å². The molecule has 0 spiro atoms. The van der Waals surface area contributed by atoms with Gasteiger partial charge in [0.15, 0.2) is 11.5 Å². The molecule has 2 aliphatic rings. The molecule has 2 aromatic rings. The number of phenolic OH excluding ortho intramolecular Hbond substituents is 1. The van der Waals surface area contributed by atoms with Gasteiger partial charge < -0.3 is 19.9 Å². The minimum absolute atomic E-state index is 0.00361. The molecule has 0 amide bonds. The standard InChI is InChI=1S/C20H21NO3/c1-23-16-10-4-8-14-12-6-3-7-13(12)18(21-19(14)16)15-9-5-11-17(24-2)20(15)22/h3-6,8-13,18,21-22H,7H2,1-2H3. The number of fused-ring (bicyclic) bond motifs is 3. The Morgan fingerprint density at radius 1 is 1.00 bits per heavy atom. The van der Waals surface area contributed by atoms with E-state index in [1.165, 1.54) is 5.56 Å². The number of para-hydroxylation sites is 2. The van der Waals surface area contributed by atoms with Gasteiger partial charge in [-0.25, -0.2) is 0 Å². The van der Waals surface area contributed by atoms with Crippen molar-refractivity contribution in [3.63, 3.8) is 0 Å². The van der Waals surface area contributed by atoms with Crippen LogP contribution in [0.1, 0.15) is 29.5 Å². The molecule has 0 fully saturated rings. The van der Waals surface area contributed by atoms with Crippen molar-refractivity contribution < 1.29 is 14.6 Å². The summed E-state index contributed by atoms with van der Waals surface area (Å²) in [4.78, 5) is 0. The minimum Gasteiger partial charge on any atom is -0.504 e. The maximum absolute atomic E-state index is 10.6. The molecule has 1 aliphatic heterocycles. The second-order valence-electron chi connectivity index (χ2n) is 6.30. The van der Waals surface area contributed by atoms with Gasteiger partial charge in [-0.1, -0.05) is 36.4 Å². The van der Waals surface area contributed by atoms with Gasteiger partial charge in [-0.15, -0.1) is 0 Å². The lowest BCUT2D eigenvalue weighted by molar-refractivity contribution is 0.357. The topological polar surface area (TPSA) is 50.7 Å². The number of aromatic hydroxyl groups is 1. The molecule has 3 unspecified atom stereocenters. The monoisotopic (exact) mass is 323 g/mol. The first-order chi connectivity index (χ1) is 11.7. The lowest BCUT2D eigenvalue weighted by Gasteiger charge is -2.38. The van der Waals surface area contributed by atoms with Gasteiger partial charge in [0.25, 0.3) is 0 Å². The Labute approximate surface area is 141 Å². The quantitative estimate of drug-likeness (QED) is 0.830. The fourth-order valence-corrected chi connectivity index (χ4v) is 4.03. The van der Waals surface area contributed by atoms with E-state index in [0.717, 1.165) is 23.4 Å². The van der Waals surface area contributed by atoms with Crippen molar-refractivity contribution in [2.24, 2.45) is 5.92 Å². The van der Waals surface area contributed by atoms with Crippen LogP contribution in [0.2, 0.25) is 0 Å². The second kappa shape index (κ2) is 5.78. The number of hydrogen-bond donors (Lipinski definition) is 2. The third kappa shape index (κ3) is 2.13. The summed E-state index contributed by atoms with van der Waals surface area (Å²) in [6, 6.07) is 11.8. The van der Waals surface area contributed by atoms with E-state index in [0.29, 0.717) is 17.6 Å². The first-order valence-electron chi connectivity index (χ1n) is 8.20. The molecule has 0 aromatic heterocycles. The average molecular weight is 323 g/mol. The summed E-state index contributed by atoms with van der Waals surface area (Å²) in [7, 11) is 3.26. The zero-order valence-corrected chi connectivity index (χ0v) is 13.8. The Morgan fingerprint density at radius 2 is 1.71 bits per heavy atom. The third-order valence-electron chi connectivity index (χ3n) is 5.16. The van der Waals surface area contributed by atoms with Gasteiger partial charge in [0.1, 0.15) is 5.75 Å². The summed E-state index contributed by atoms with van der Waals surface area (Å²) in [5, 5.41) is 14.2. The maximum atomic E-state index is 10.6. The predicted molar refractivity (Wildman–Crippen MR) is 94.0 cm³/mol. The van der Waals surface area contributed by atoms with Crippen LogP contribution < -0.4 is 14.8 Å². The van der Waals surface area contributed by atoms with Crippen molar-refractivity contribution in [1.29, 1.82) is 0 Å². The Kier molecular flexibility index (Phi) is 3.60. The molecule has 1 heterocycles. The third-order valence-corrected chi connectivity index (χ3v) is 5.16. The molecule has 24 heavy (non-hydrogen) atoms. The highest BCUT2D eigenvalue weighted by molar-refractivity contribution is 5.68. The molecule has 4 heteroatoms. The molecule has 0 saturated carbocycles. The SMILES string of the molecule is COc1cccc(C2Nc3c(OC)cccc3C3C=CCC32)c1O. The van der Waals surface area contributed by atoms with E-state index < -0.39 is 0 Å². The summed E-state index contributed by atoms with van der Waals surface area (Å²) >= 11 is 0. The number of benzene rings is 2. The Bertz CT molecular complexity index is 799. The fourth-order valence-electron chi connectivity index (χ4n) is 4.03. The number of allylic oxidation sites excluding steroid dienone is 2. The molecule has 4 rings (SSSR count). The summed E-state index contributed by atoms with van der Waals surface area (Å²) in [5.74, 6) is 2.23. The molecule has 3 atom stereocenters. The van der Waals surface area contributed by atoms with Crippen molar-refractivity contribution in [2.45, 2.75) is 18.4 Å². The lowest BCUT2D eigenvalue weighted by atomic mass is 9.76. The van der Waals surface area contributed by atoms with E-state index in [1.807, 2.05) is 24.3 Å². The molecular formula is C20H21NO3. The van der Waals surface area contributed by atoms with Crippen molar-refractivity contribution in [3.05, 3.63) is 59.7 Å². The molecule has 0 radical (unpaired) electrons. The number of phenols is 1. The van der Waals surface area contributed by atoms with E-state index in [9.17, 15) is 5.11 Å². The van der Waals surface area contributed by atoms with E-state index in [4.69, 9.17) is 9.47 Å². The van der Waals surface area contributed by atoms with E-state index in [1.54, 1.807) is 20.3 Å². The van der Waals surface area contributed by atoms with Crippen LogP contribution in [0.3, 0.4) is 0 Å². The smallest absolute Gasteiger partial charge is 0.163 e. The van der Waals surface area contributed by atoms with Gasteiger partial charge in [-0.2, -0.15) is 0 Å². The zero-order valence-electron chi connectivity index (χ0n) is 13.8. The molecule has 2 N–H and O–H groups in total. The Morgan fingerprint density at radius 3 is 2.46 bits per heavy atom. The van der Waals surface area contributed by atoms with Gasteiger partial charge >= 0.3 is 0 Å². The van der Waals surface area contributed by atoms with Crippen molar-refractivity contribution in [3.8, 4) is 17.2 Å². The van der Waals surface area contributed by atoms with Crippen molar-refractivity contribution in [2.75, 3.05) is 19.5 Å². The Balaban J connectivity index is 1.84. The first-order valence-corrected chi connectivity index (χ1v) is 8.20. The average Bonchev–Trinajstić information content (AvgIpc) is 3.11. The first kappa shape index (κ1) is 14.9. The number of rotatable bonds is 3. The second-order valence-corrected chi connectivity index (χ2v) is 6.30. The summed E-state index contributed by atoms with van der Waals surface area (Å²) in [6.45, 7) is 0. The highest BCUT2D eigenvalue weighted by Crippen LogP contribution is 2.53. The van der Waals surface area contributed by atoms with Gasteiger partial charge in [0.2, 0.25) is 0 Å². The largest absolute Gasteiger partial charge is 0.504 e. The van der Waals surface area contributed by atoms with E-state index in [2.05, 4.69) is 23.5 Å². The van der Waals surface area contributed by atoms with Gasteiger partial charge in [0.05, 0.1) is 25.9 Å². The lowest BCUT2D eigenvalue weighted by Crippen LogP contribution is -2.29. The van der Waals surface area contributed by atoms with Crippen molar-refractivity contribution >= 4 is 5.69 Å². The fraction of sp³-hybridized carbons (Fsp3) is 0.300. The van der Waals surface area contributed by atoms with Crippen LogP contribution in [0.15, 0.2) is 48.6 Å². The van der Waals surface area contributed by atoms with Crippen LogP contribution in [0.25, 0.3) is 0 Å². The maximum Gasteiger partial charge on any atom is 0.163 e. The van der Waals surface area contributed by atoms with Gasteiger partial charge in [0, 0.05) is 11.5 Å². The zero-order chi connectivity index (χ0) is 16.7. The molecule has 2 aromatic carbocycles. The number of anilines is 1. The summed E-state index contributed by atoms with van der Waals surface area (Å²) < 4.78 is 10.8. The van der Waals surface area contributed by atoms with Crippen LogP contribution in [-0.4, -0.2) is 19.3 Å². The van der Waals surface area contributed by atoms with E-state index >= 15 is 0 Å². The molecule has 0 saturated heterocycles. The molecular weight excluding hydrogens is 302 g/mol. The van der Waals surface area contributed by atoms with Gasteiger partial charge in [-0.05, 0) is 30.0 Å². The molecule has 124 valence electrons. The molecule has 1 aliphatic carbocycles. The highest BCUT2D eigenvalue weighted by atomic mass is 16.5. The van der Waals surface area contributed by atoms with Gasteiger partial charge in [-0.3, -0.25) is 0 Å². The minimum atomic E-state index is 0.00361. The Hall–Kier alpha value is -2.62. The number of ether oxygens (including phenoxy) is 2. The van der Waals surface area contributed by atoms with Crippen LogP contribution in [-0.2, 0) is 0 Å². The van der Waals surface area contributed by atoms with Crippen molar-refractivity contribution in [1.82, 2.24) is 0 Å². The number of methoxy groups -OCH3 is 2. The van der Waals surface area contributed by atoms with Crippen LogP contribution in [0.5, 0.6) is 17.2 Å². The highest BCUT2D eigenvalue weighted by Gasteiger charge is 2.40. The molecule has 4 nitrogen and oxygen atoms in total. The predicted octanol–water partition coefficient (Wildman–Crippen LogP) is 4.24. The summed E-state index contributed by atoms with van der Waals surface area (Å²) in [6.07, 6.45) is 5.49. The van der Waals surface area contributed by atoms with Crippen LogP contribution in [0.4, 0.5) is 5.69 Å². The summed E-state index contributed by atoms with van der Waals surface area (Å²) in [5.41, 5.74) is 3.14. The van der Waals surface area contributed by atoms with E-state index in [-0.39, 0.29) is 11.8 Å². The normalized spacial score (nSPS) is 24.0. The molecule has 0 bridgehead atoms.